The predicted molar refractivity (Wildman–Crippen MR) is 85.2 cm³/mol. The van der Waals surface area contributed by atoms with Gasteiger partial charge in [0.2, 0.25) is 0 Å². The van der Waals surface area contributed by atoms with E-state index in [4.69, 9.17) is 15.9 Å². The number of aliphatic carboxylic acids is 2. The molecule has 0 heterocycles. The van der Waals surface area contributed by atoms with Crippen LogP contribution < -0.4 is 5.73 Å². The fraction of sp³-hybridized carbons (Fsp3) is 0.750. The Bertz CT molecular complexity index is 288. The van der Waals surface area contributed by atoms with Crippen molar-refractivity contribution in [1.29, 1.82) is 0 Å². The van der Waals surface area contributed by atoms with Gasteiger partial charge in [0.05, 0.1) is 12.3 Å². The summed E-state index contributed by atoms with van der Waals surface area (Å²) < 4.78 is 0. The molecule has 1 unspecified atom stereocenters. The van der Waals surface area contributed by atoms with Gasteiger partial charge in [-0.05, 0) is 32.2 Å². The van der Waals surface area contributed by atoms with Crippen LogP contribution in [0.15, 0.2) is 12.2 Å². The first-order valence-electron chi connectivity index (χ1n) is 7.79. The molecule has 0 aliphatic heterocycles. The number of rotatable bonds is 11. The van der Waals surface area contributed by atoms with E-state index in [1.165, 1.54) is 19.3 Å². The SMILES string of the molecule is CCCCCC=CCC(CC(=O)O)C(=O)O.CCCCN. The van der Waals surface area contributed by atoms with Crippen LogP contribution in [0.5, 0.6) is 0 Å². The molecular weight excluding hydrogens is 270 g/mol. The predicted octanol–water partition coefficient (Wildman–Crippen LogP) is 3.43. The largest absolute Gasteiger partial charge is 0.481 e. The lowest BCUT2D eigenvalue weighted by Crippen LogP contribution is -2.16. The molecule has 0 bridgehead atoms. The zero-order valence-electron chi connectivity index (χ0n) is 13.4. The van der Waals surface area contributed by atoms with Crippen molar-refractivity contribution in [3.63, 3.8) is 0 Å². The first-order valence-corrected chi connectivity index (χ1v) is 7.79. The third-order valence-electron chi connectivity index (χ3n) is 2.89. The Balaban J connectivity index is 0. The van der Waals surface area contributed by atoms with Crippen LogP contribution in [0, 0.1) is 5.92 Å². The van der Waals surface area contributed by atoms with Crippen molar-refractivity contribution in [2.75, 3.05) is 6.54 Å². The first-order chi connectivity index (χ1) is 9.99. The van der Waals surface area contributed by atoms with E-state index in [1.54, 1.807) is 6.08 Å². The highest BCUT2D eigenvalue weighted by atomic mass is 16.4. The highest BCUT2D eigenvalue weighted by Gasteiger charge is 2.18. The second-order valence-corrected chi connectivity index (χ2v) is 4.98. The first kappa shape index (κ1) is 21.9. The zero-order valence-corrected chi connectivity index (χ0v) is 13.4. The molecule has 0 rings (SSSR count). The normalized spacial score (nSPS) is 11.8. The van der Waals surface area contributed by atoms with Crippen LogP contribution in [0.1, 0.15) is 65.2 Å². The summed E-state index contributed by atoms with van der Waals surface area (Å²) in [7, 11) is 0. The fourth-order valence-corrected chi connectivity index (χ4v) is 1.58. The molecule has 0 aromatic heterocycles. The van der Waals surface area contributed by atoms with Crippen molar-refractivity contribution < 1.29 is 19.8 Å². The quantitative estimate of drug-likeness (QED) is 0.401. The van der Waals surface area contributed by atoms with Crippen LogP contribution in [0.2, 0.25) is 0 Å². The van der Waals surface area contributed by atoms with Crippen molar-refractivity contribution in [2.24, 2.45) is 11.7 Å². The van der Waals surface area contributed by atoms with Crippen LogP contribution in [0.3, 0.4) is 0 Å². The summed E-state index contributed by atoms with van der Waals surface area (Å²) in [4.78, 5) is 21.1. The Kier molecular flexibility index (Phi) is 17.4. The molecule has 0 radical (unpaired) electrons. The molecule has 0 aromatic carbocycles. The Morgan fingerprint density at radius 1 is 1.05 bits per heavy atom. The molecule has 0 saturated heterocycles. The van der Waals surface area contributed by atoms with E-state index in [0.717, 1.165) is 25.8 Å². The van der Waals surface area contributed by atoms with Gasteiger partial charge >= 0.3 is 11.9 Å². The summed E-state index contributed by atoms with van der Waals surface area (Å²) in [6.45, 7) is 5.10. The second-order valence-electron chi connectivity index (χ2n) is 4.98. The smallest absolute Gasteiger partial charge is 0.307 e. The van der Waals surface area contributed by atoms with Gasteiger partial charge in [-0.3, -0.25) is 9.59 Å². The average Bonchev–Trinajstić information content (AvgIpc) is 2.42. The van der Waals surface area contributed by atoms with Gasteiger partial charge in [-0.25, -0.2) is 0 Å². The minimum absolute atomic E-state index is 0.299. The molecule has 0 aliphatic carbocycles. The van der Waals surface area contributed by atoms with Crippen LogP contribution in [0.4, 0.5) is 0 Å². The lowest BCUT2D eigenvalue weighted by molar-refractivity contribution is -0.148. The lowest BCUT2D eigenvalue weighted by atomic mass is 10.0. The molecule has 0 spiro atoms. The van der Waals surface area contributed by atoms with Gasteiger partial charge in [0, 0.05) is 0 Å². The molecule has 21 heavy (non-hydrogen) atoms. The molecule has 5 heteroatoms. The van der Waals surface area contributed by atoms with E-state index in [0.29, 0.717) is 6.42 Å². The van der Waals surface area contributed by atoms with Gasteiger partial charge in [0.1, 0.15) is 0 Å². The summed E-state index contributed by atoms with van der Waals surface area (Å²) in [6, 6.07) is 0. The minimum atomic E-state index is -1.06. The van der Waals surface area contributed by atoms with Crippen LogP contribution in [-0.2, 0) is 9.59 Å². The maximum absolute atomic E-state index is 10.7. The average molecular weight is 301 g/mol. The maximum Gasteiger partial charge on any atom is 0.307 e. The van der Waals surface area contributed by atoms with Gasteiger partial charge < -0.3 is 15.9 Å². The molecule has 1 atom stereocenters. The summed E-state index contributed by atoms with van der Waals surface area (Å²) in [5, 5.41) is 17.3. The van der Waals surface area contributed by atoms with Crippen LogP contribution in [0.25, 0.3) is 0 Å². The van der Waals surface area contributed by atoms with Crippen LogP contribution in [-0.4, -0.2) is 28.7 Å². The lowest BCUT2D eigenvalue weighted by Gasteiger charge is -2.05. The number of hydrogen-bond donors (Lipinski definition) is 3. The van der Waals surface area contributed by atoms with E-state index < -0.39 is 17.9 Å². The summed E-state index contributed by atoms with van der Waals surface area (Å²) in [6.07, 6.45) is 10.5. The Morgan fingerprint density at radius 3 is 2.05 bits per heavy atom. The Morgan fingerprint density at radius 2 is 1.67 bits per heavy atom. The third kappa shape index (κ3) is 18.6. The van der Waals surface area contributed by atoms with E-state index in [1.807, 2.05) is 6.08 Å². The third-order valence-corrected chi connectivity index (χ3v) is 2.89. The van der Waals surface area contributed by atoms with Crippen LogP contribution >= 0.6 is 0 Å². The number of carboxylic acid groups (broad SMARTS) is 2. The Labute approximate surface area is 128 Å². The molecule has 0 fully saturated rings. The second kappa shape index (κ2) is 16.7. The number of carbonyl (C=O) groups is 2. The van der Waals surface area contributed by atoms with Crippen molar-refractivity contribution in [3.05, 3.63) is 12.2 Å². The van der Waals surface area contributed by atoms with E-state index in [2.05, 4.69) is 13.8 Å². The van der Waals surface area contributed by atoms with E-state index in [9.17, 15) is 9.59 Å². The van der Waals surface area contributed by atoms with Gasteiger partial charge in [0.15, 0.2) is 0 Å². The molecule has 0 amide bonds. The van der Waals surface area contributed by atoms with Crippen molar-refractivity contribution in [2.45, 2.75) is 65.2 Å². The summed E-state index contributed by atoms with van der Waals surface area (Å²) in [5.41, 5.74) is 5.14. The molecular formula is C16H31NO4. The van der Waals surface area contributed by atoms with Crippen molar-refractivity contribution in [1.82, 2.24) is 0 Å². The number of carboxylic acids is 2. The summed E-state index contributed by atoms with van der Waals surface area (Å²) >= 11 is 0. The number of unbranched alkanes of at least 4 members (excludes halogenated alkanes) is 4. The molecule has 124 valence electrons. The standard InChI is InChI=1S/C12H20O4.C4H11N/c1-2-3-4-5-6-7-8-10(12(15)16)9-11(13)14;1-2-3-4-5/h6-7,10H,2-5,8-9H2,1H3,(H,13,14)(H,15,16);2-5H2,1H3. The van der Waals surface area contributed by atoms with E-state index in [-0.39, 0.29) is 6.42 Å². The van der Waals surface area contributed by atoms with E-state index >= 15 is 0 Å². The van der Waals surface area contributed by atoms with Gasteiger partial charge in [-0.2, -0.15) is 0 Å². The Hall–Kier alpha value is -1.36. The molecule has 5 nitrogen and oxygen atoms in total. The molecule has 0 aliphatic rings. The zero-order chi connectivity index (χ0) is 16.5. The molecule has 4 N–H and O–H groups in total. The van der Waals surface area contributed by atoms with Crippen molar-refractivity contribution in [3.8, 4) is 0 Å². The topological polar surface area (TPSA) is 101 Å². The van der Waals surface area contributed by atoms with Gasteiger partial charge in [-0.15, -0.1) is 0 Å². The van der Waals surface area contributed by atoms with Gasteiger partial charge in [-0.1, -0.05) is 45.3 Å². The highest BCUT2D eigenvalue weighted by Crippen LogP contribution is 2.10. The highest BCUT2D eigenvalue weighted by molar-refractivity contribution is 5.77. The summed E-state index contributed by atoms with van der Waals surface area (Å²) in [5.74, 6) is -2.91. The monoisotopic (exact) mass is 301 g/mol. The number of allylic oxidation sites excluding steroid dienone is 2. The minimum Gasteiger partial charge on any atom is -0.481 e. The number of nitrogens with two attached hydrogens (primary N) is 1. The maximum atomic E-state index is 10.7. The fourth-order valence-electron chi connectivity index (χ4n) is 1.58. The van der Waals surface area contributed by atoms with Crippen molar-refractivity contribution >= 4 is 11.9 Å². The molecule has 0 aromatic rings. The number of hydrogen-bond acceptors (Lipinski definition) is 3. The molecule has 0 saturated carbocycles. The van der Waals surface area contributed by atoms with Gasteiger partial charge in [0.25, 0.3) is 0 Å².